The highest BCUT2D eigenvalue weighted by Crippen LogP contribution is 2.30. The van der Waals surface area contributed by atoms with Crippen LogP contribution in [0.3, 0.4) is 0 Å². The van der Waals surface area contributed by atoms with Crippen molar-refractivity contribution in [3.05, 3.63) is 118 Å². The predicted molar refractivity (Wildman–Crippen MR) is 138 cm³/mol. The monoisotopic (exact) mass is 488 g/mol. The van der Waals surface area contributed by atoms with Gasteiger partial charge in [0.2, 0.25) is 0 Å². The number of ketones is 1. The third-order valence-electron chi connectivity index (χ3n) is 5.83. The lowest BCUT2D eigenvalue weighted by Crippen LogP contribution is -2.17. The van der Waals surface area contributed by atoms with E-state index in [9.17, 15) is 18.4 Å². The van der Waals surface area contributed by atoms with Crippen LogP contribution in [0, 0.1) is 17.0 Å². The predicted octanol–water partition coefficient (Wildman–Crippen LogP) is 7.81. The van der Waals surface area contributed by atoms with Gasteiger partial charge in [-0.25, -0.2) is 13.6 Å². The van der Waals surface area contributed by atoms with Crippen molar-refractivity contribution in [2.75, 3.05) is 6.61 Å². The largest absolute Gasteiger partial charge is 0.462 e. The average Bonchev–Trinajstić information content (AvgIpc) is 2.82. The Hall–Kier alpha value is -3.82. The summed E-state index contributed by atoms with van der Waals surface area (Å²) in [6.45, 7) is 7.81. The van der Waals surface area contributed by atoms with E-state index in [1.807, 2.05) is 61.5 Å². The van der Waals surface area contributed by atoms with Gasteiger partial charge in [-0.05, 0) is 60.9 Å². The molecule has 186 valence electrons. The maximum Gasteiger partial charge on any atom is 0.338 e. The Balaban J connectivity index is 1.76. The van der Waals surface area contributed by atoms with Gasteiger partial charge in [0.25, 0.3) is 0 Å². The van der Waals surface area contributed by atoms with Crippen molar-refractivity contribution in [2.45, 2.75) is 40.5 Å². The minimum absolute atomic E-state index is 0.0171. The van der Waals surface area contributed by atoms with Crippen LogP contribution in [0.15, 0.2) is 84.1 Å². The van der Waals surface area contributed by atoms with Crippen LogP contribution in [-0.2, 0) is 4.74 Å². The van der Waals surface area contributed by atoms with E-state index in [1.165, 1.54) is 0 Å². The number of carbonyl (C=O) groups excluding carboxylic acids is 2. The fourth-order valence-corrected chi connectivity index (χ4v) is 4.03. The zero-order valence-electron chi connectivity index (χ0n) is 21.0. The van der Waals surface area contributed by atoms with E-state index >= 15 is 0 Å². The molecule has 0 unspecified atom stereocenters. The van der Waals surface area contributed by atoms with Gasteiger partial charge in [0.05, 0.1) is 12.2 Å². The summed E-state index contributed by atoms with van der Waals surface area (Å²) in [4.78, 5) is 23.9. The molecule has 0 atom stereocenters. The molecule has 0 saturated carbocycles. The number of rotatable bonds is 9. The third kappa shape index (κ3) is 7.59. The van der Waals surface area contributed by atoms with Crippen LogP contribution in [0.25, 0.3) is 5.57 Å². The van der Waals surface area contributed by atoms with Gasteiger partial charge in [0.15, 0.2) is 5.78 Å². The minimum Gasteiger partial charge on any atom is -0.462 e. The molecule has 0 saturated heterocycles. The van der Waals surface area contributed by atoms with Gasteiger partial charge in [-0.1, -0.05) is 68.4 Å². The highest BCUT2D eigenvalue weighted by molar-refractivity contribution is 5.94. The van der Waals surface area contributed by atoms with Crippen molar-refractivity contribution in [3.63, 3.8) is 0 Å². The number of benzene rings is 3. The summed E-state index contributed by atoms with van der Waals surface area (Å²) in [6, 6.07) is 20.1. The van der Waals surface area contributed by atoms with E-state index in [-0.39, 0.29) is 23.4 Å². The number of hydrogen-bond donors (Lipinski definition) is 0. The second-order valence-electron chi connectivity index (χ2n) is 9.66. The number of ether oxygens (including phenoxy) is 1. The topological polar surface area (TPSA) is 43.4 Å². The molecule has 0 spiro atoms. The molecular weight excluding hydrogens is 458 g/mol. The van der Waals surface area contributed by atoms with E-state index < -0.39 is 17.6 Å². The van der Waals surface area contributed by atoms with Gasteiger partial charge in [0, 0.05) is 17.2 Å². The number of hydrogen-bond acceptors (Lipinski definition) is 3. The van der Waals surface area contributed by atoms with Gasteiger partial charge in [-0.2, -0.15) is 0 Å². The van der Waals surface area contributed by atoms with E-state index in [1.54, 1.807) is 6.92 Å². The van der Waals surface area contributed by atoms with Crippen molar-refractivity contribution >= 4 is 17.3 Å². The lowest BCUT2D eigenvalue weighted by atomic mass is 9.83. The maximum atomic E-state index is 13.4. The molecule has 0 N–H and O–H groups in total. The molecule has 0 bridgehead atoms. The van der Waals surface area contributed by atoms with Crippen LogP contribution in [0.5, 0.6) is 0 Å². The third-order valence-corrected chi connectivity index (χ3v) is 5.83. The van der Waals surface area contributed by atoms with Crippen molar-refractivity contribution < 1.29 is 23.1 Å². The zero-order valence-corrected chi connectivity index (χ0v) is 21.0. The highest BCUT2D eigenvalue weighted by atomic mass is 19.1. The molecule has 3 rings (SSSR count). The van der Waals surface area contributed by atoms with Crippen LogP contribution < -0.4 is 0 Å². The molecule has 0 heterocycles. The summed E-state index contributed by atoms with van der Waals surface area (Å²) < 4.78 is 32.0. The number of Topliss-reactive ketones (excluding diaryl/α,β-unsaturated/α-hetero) is 1. The lowest BCUT2D eigenvalue weighted by molar-refractivity contribution is 0.0456. The maximum absolute atomic E-state index is 13.4. The summed E-state index contributed by atoms with van der Waals surface area (Å²) in [7, 11) is 0. The SMILES string of the molecule is CC(=O)c1ccc(C(=C=C(C)CC(C)(C)CCOC(=O)c2cc(F)cc(F)c2)c2ccccc2)cc1. The molecule has 36 heavy (non-hydrogen) atoms. The summed E-state index contributed by atoms with van der Waals surface area (Å²) in [5.74, 6) is -2.37. The first-order chi connectivity index (χ1) is 17.0. The van der Waals surface area contributed by atoms with Crippen molar-refractivity contribution in [3.8, 4) is 0 Å². The number of carbonyl (C=O) groups is 2. The minimum atomic E-state index is -0.819. The number of allylic oxidation sites excluding steroid dienone is 1. The lowest BCUT2D eigenvalue weighted by Gasteiger charge is -2.24. The first-order valence-electron chi connectivity index (χ1n) is 11.8. The molecule has 3 aromatic carbocycles. The van der Waals surface area contributed by atoms with E-state index in [0.717, 1.165) is 34.4 Å². The fourth-order valence-electron chi connectivity index (χ4n) is 4.03. The Morgan fingerprint density at radius 2 is 1.36 bits per heavy atom. The van der Waals surface area contributed by atoms with Crippen molar-refractivity contribution in [1.82, 2.24) is 0 Å². The van der Waals surface area contributed by atoms with Crippen LogP contribution in [0.1, 0.15) is 72.4 Å². The van der Waals surface area contributed by atoms with Crippen LogP contribution >= 0.6 is 0 Å². The Morgan fingerprint density at radius 3 is 1.94 bits per heavy atom. The molecule has 5 heteroatoms. The molecule has 3 aromatic rings. The van der Waals surface area contributed by atoms with E-state index in [2.05, 4.69) is 19.6 Å². The van der Waals surface area contributed by atoms with Crippen molar-refractivity contribution in [2.24, 2.45) is 5.41 Å². The van der Waals surface area contributed by atoms with Crippen LogP contribution in [0.4, 0.5) is 8.78 Å². The van der Waals surface area contributed by atoms with Gasteiger partial charge >= 0.3 is 5.97 Å². The second kappa shape index (κ2) is 11.7. The summed E-state index contributed by atoms with van der Waals surface area (Å²) in [5, 5.41) is 0. The molecule has 0 aliphatic heterocycles. The molecule has 0 fully saturated rings. The van der Waals surface area contributed by atoms with Gasteiger partial charge in [-0.3, -0.25) is 4.79 Å². The van der Waals surface area contributed by atoms with Gasteiger partial charge in [-0.15, -0.1) is 5.73 Å². The van der Waals surface area contributed by atoms with Crippen LogP contribution in [0.2, 0.25) is 0 Å². The zero-order chi connectivity index (χ0) is 26.3. The molecule has 0 radical (unpaired) electrons. The smallest absolute Gasteiger partial charge is 0.338 e. The summed E-state index contributed by atoms with van der Waals surface area (Å²) in [6.07, 6.45) is 1.25. The molecular formula is C31H30F2O3. The molecule has 0 aromatic heterocycles. The number of halogens is 2. The normalized spacial score (nSPS) is 10.9. The second-order valence-corrected chi connectivity index (χ2v) is 9.66. The Bertz CT molecular complexity index is 1280. The van der Waals surface area contributed by atoms with Crippen molar-refractivity contribution in [1.29, 1.82) is 0 Å². The van der Waals surface area contributed by atoms with Gasteiger partial charge < -0.3 is 4.74 Å². The average molecular weight is 489 g/mol. The van der Waals surface area contributed by atoms with E-state index in [0.29, 0.717) is 24.5 Å². The quantitative estimate of drug-likeness (QED) is 0.175. The fraction of sp³-hybridized carbons (Fsp3) is 0.258. The number of esters is 1. The Morgan fingerprint density at radius 1 is 0.806 bits per heavy atom. The van der Waals surface area contributed by atoms with E-state index in [4.69, 9.17) is 4.74 Å². The highest BCUT2D eigenvalue weighted by Gasteiger charge is 2.20. The Kier molecular flexibility index (Phi) is 8.73. The first-order valence-corrected chi connectivity index (χ1v) is 11.8. The molecule has 3 nitrogen and oxygen atoms in total. The van der Waals surface area contributed by atoms with Crippen LogP contribution in [-0.4, -0.2) is 18.4 Å². The molecule has 0 amide bonds. The summed E-state index contributed by atoms with van der Waals surface area (Å²) in [5.41, 5.74) is 7.77. The molecule has 0 aliphatic carbocycles. The Labute approximate surface area is 211 Å². The first kappa shape index (κ1) is 26.8. The van der Waals surface area contributed by atoms with Gasteiger partial charge in [0.1, 0.15) is 11.6 Å². The summed E-state index contributed by atoms with van der Waals surface area (Å²) >= 11 is 0. The molecule has 0 aliphatic rings. The standard InChI is InChI=1S/C31H30F2O3/c1-21(20-31(3,4)14-15-36-30(35)26-17-27(32)19-28(33)18-26)16-29(24-8-6-5-7-9-24)25-12-10-23(11-13-25)22(2)34/h5-13,17-19H,14-15,20H2,1-4H3.